The standard InChI is InChI=1S/C15H16N4O4/c1-15(12(20)21)7-8-19(9-15)14(22)17-13-16-11(18-23-13)10-5-3-2-4-6-10/h2-6H,7-9H2,1H3,(H,20,21)(H,16,17,18,22). The van der Waals surface area contributed by atoms with Crippen LogP contribution in [0.5, 0.6) is 0 Å². The van der Waals surface area contributed by atoms with Crippen molar-refractivity contribution in [1.82, 2.24) is 15.0 Å². The lowest BCUT2D eigenvalue weighted by Crippen LogP contribution is -2.37. The number of rotatable bonds is 3. The molecule has 1 fully saturated rings. The maximum Gasteiger partial charge on any atom is 0.329 e. The molecule has 8 heteroatoms. The molecule has 1 aromatic carbocycles. The molecule has 1 aliphatic rings. The largest absolute Gasteiger partial charge is 0.481 e. The highest BCUT2D eigenvalue weighted by Crippen LogP contribution is 2.30. The zero-order valence-corrected chi connectivity index (χ0v) is 12.5. The number of carboxylic acid groups (broad SMARTS) is 1. The zero-order chi connectivity index (χ0) is 16.4. The molecular formula is C15H16N4O4. The summed E-state index contributed by atoms with van der Waals surface area (Å²) < 4.78 is 5.01. The van der Waals surface area contributed by atoms with Crippen molar-refractivity contribution in [3.8, 4) is 11.4 Å². The number of aromatic nitrogens is 2. The molecule has 0 bridgehead atoms. The Bertz CT molecular complexity index is 730. The summed E-state index contributed by atoms with van der Waals surface area (Å²) in [6.07, 6.45) is 0.412. The van der Waals surface area contributed by atoms with Crippen molar-refractivity contribution in [2.24, 2.45) is 5.41 Å². The summed E-state index contributed by atoms with van der Waals surface area (Å²) in [6.45, 7) is 2.14. The molecule has 8 nitrogen and oxygen atoms in total. The number of anilines is 1. The van der Waals surface area contributed by atoms with E-state index in [2.05, 4.69) is 15.5 Å². The van der Waals surface area contributed by atoms with Crippen LogP contribution in [0.4, 0.5) is 10.8 Å². The molecule has 1 unspecified atom stereocenters. The molecule has 0 spiro atoms. The smallest absolute Gasteiger partial charge is 0.329 e. The van der Waals surface area contributed by atoms with E-state index in [1.165, 1.54) is 4.90 Å². The first-order valence-corrected chi connectivity index (χ1v) is 7.16. The summed E-state index contributed by atoms with van der Waals surface area (Å²) in [7, 11) is 0. The van der Waals surface area contributed by atoms with Crippen molar-refractivity contribution >= 4 is 18.0 Å². The third-order valence-electron chi connectivity index (χ3n) is 3.95. The molecule has 2 amide bonds. The minimum absolute atomic E-state index is 0.0159. The number of hydrogen-bond acceptors (Lipinski definition) is 5. The molecule has 1 atom stereocenters. The fraction of sp³-hybridized carbons (Fsp3) is 0.333. The lowest BCUT2D eigenvalue weighted by Gasteiger charge is -2.19. The van der Waals surface area contributed by atoms with Crippen LogP contribution in [0.25, 0.3) is 11.4 Å². The van der Waals surface area contributed by atoms with E-state index in [1.54, 1.807) is 6.92 Å². The Morgan fingerprint density at radius 2 is 2.09 bits per heavy atom. The van der Waals surface area contributed by atoms with Gasteiger partial charge in [-0.05, 0) is 13.3 Å². The van der Waals surface area contributed by atoms with Crippen LogP contribution in [-0.2, 0) is 4.79 Å². The number of amides is 2. The first-order chi connectivity index (χ1) is 11.0. The minimum atomic E-state index is -0.915. The molecule has 3 rings (SSSR count). The van der Waals surface area contributed by atoms with E-state index in [-0.39, 0.29) is 12.6 Å². The molecule has 2 heterocycles. The van der Waals surface area contributed by atoms with Gasteiger partial charge in [-0.25, -0.2) is 4.79 Å². The summed E-state index contributed by atoms with van der Waals surface area (Å²) in [6, 6.07) is 8.77. The summed E-state index contributed by atoms with van der Waals surface area (Å²) in [5.74, 6) is -0.533. The summed E-state index contributed by atoms with van der Waals surface area (Å²) in [5.41, 5.74) is -0.141. The molecule has 2 aromatic rings. The van der Waals surface area contributed by atoms with Crippen LogP contribution in [0.1, 0.15) is 13.3 Å². The average Bonchev–Trinajstić information content (AvgIpc) is 3.16. The van der Waals surface area contributed by atoms with E-state index in [1.807, 2.05) is 30.3 Å². The molecule has 0 radical (unpaired) electrons. The third-order valence-corrected chi connectivity index (χ3v) is 3.95. The maximum atomic E-state index is 12.2. The molecule has 23 heavy (non-hydrogen) atoms. The van der Waals surface area contributed by atoms with Crippen molar-refractivity contribution in [1.29, 1.82) is 0 Å². The van der Waals surface area contributed by atoms with Gasteiger partial charge in [0, 0.05) is 18.7 Å². The number of nitrogens with one attached hydrogen (secondary N) is 1. The van der Waals surface area contributed by atoms with Gasteiger partial charge in [0.05, 0.1) is 5.41 Å². The van der Waals surface area contributed by atoms with Crippen LogP contribution >= 0.6 is 0 Å². The van der Waals surface area contributed by atoms with Gasteiger partial charge in [0.25, 0.3) is 0 Å². The number of carbonyl (C=O) groups is 2. The number of carbonyl (C=O) groups excluding carboxylic acids is 1. The monoisotopic (exact) mass is 316 g/mol. The Labute approximate surface area is 132 Å². The van der Waals surface area contributed by atoms with E-state index in [9.17, 15) is 14.7 Å². The van der Waals surface area contributed by atoms with Crippen molar-refractivity contribution in [3.63, 3.8) is 0 Å². The number of likely N-dealkylation sites (tertiary alicyclic amines) is 1. The van der Waals surface area contributed by atoms with E-state index < -0.39 is 17.4 Å². The van der Waals surface area contributed by atoms with Gasteiger partial charge in [0.1, 0.15) is 0 Å². The van der Waals surface area contributed by atoms with Crippen molar-refractivity contribution < 1.29 is 19.2 Å². The molecular weight excluding hydrogens is 300 g/mol. The second-order valence-electron chi connectivity index (χ2n) is 5.76. The fourth-order valence-electron chi connectivity index (χ4n) is 2.46. The lowest BCUT2D eigenvalue weighted by molar-refractivity contribution is -0.146. The minimum Gasteiger partial charge on any atom is -0.481 e. The predicted molar refractivity (Wildman–Crippen MR) is 80.7 cm³/mol. The number of hydrogen-bond donors (Lipinski definition) is 2. The highest BCUT2D eigenvalue weighted by molar-refractivity contribution is 5.88. The van der Waals surface area contributed by atoms with E-state index in [4.69, 9.17) is 4.52 Å². The van der Waals surface area contributed by atoms with Gasteiger partial charge in [0.15, 0.2) is 0 Å². The topological polar surface area (TPSA) is 109 Å². The lowest BCUT2D eigenvalue weighted by atomic mass is 9.90. The van der Waals surface area contributed by atoms with Gasteiger partial charge in [-0.3, -0.25) is 10.1 Å². The van der Waals surface area contributed by atoms with Crippen LogP contribution in [0.3, 0.4) is 0 Å². The van der Waals surface area contributed by atoms with E-state index in [0.29, 0.717) is 18.8 Å². The number of carboxylic acids is 1. The molecule has 0 saturated carbocycles. The molecule has 1 saturated heterocycles. The summed E-state index contributed by atoms with van der Waals surface area (Å²) in [5, 5.41) is 15.5. The Morgan fingerprint density at radius 3 is 2.74 bits per heavy atom. The highest BCUT2D eigenvalue weighted by Gasteiger charge is 2.42. The molecule has 2 N–H and O–H groups in total. The second-order valence-corrected chi connectivity index (χ2v) is 5.76. The molecule has 1 aromatic heterocycles. The maximum absolute atomic E-state index is 12.2. The first kappa shape index (κ1) is 15.0. The molecule has 1 aliphatic heterocycles. The SMILES string of the molecule is CC1(C(=O)O)CCN(C(=O)Nc2nc(-c3ccccc3)no2)C1. The Balaban J connectivity index is 1.66. The highest BCUT2D eigenvalue weighted by atomic mass is 16.5. The second kappa shape index (κ2) is 5.71. The van der Waals surface area contributed by atoms with Gasteiger partial charge >= 0.3 is 18.0 Å². The van der Waals surface area contributed by atoms with Gasteiger partial charge in [-0.15, -0.1) is 0 Å². The van der Waals surface area contributed by atoms with Crippen molar-refractivity contribution in [3.05, 3.63) is 30.3 Å². The zero-order valence-electron chi connectivity index (χ0n) is 12.5. The third kappa shape index (κ3) is 3.01. The van der Waals surface area contributed by atoms with Gasteiger partial charge in [0.2, 0.25) is 5.82 Å². The van der Waals surface area contributed by atoms with Gasteiger partial charge < -0.3 is 14.5 Å². The number of aliphatic carboxylic acids is 1. The van der Waals surface area contributed by atoms with Crippen LogP contribution in [0.2, 0.25) is 0 Å². The average molecular weight is 316 g/mol. The summed E-state index contributed by atoms with van der Waals surface area (Å²) in [4.78, 5) is 28.9. The normalized spacial score (nSPS) is 20.5. The first-order valence-electron chi connectivity index (χ1n) is 7.16. The number of nitrogens with zero attached hydrogens (tertiary/aromatic N) is 3. The summed E-state index contributed by atoms with van der Waals surface area (Å²) >= 11 is 0. The fourth-order valence-corrected chi connectivity index (χ4v) is 2.46. The van der Waals surface area contributed by atoms with Crippen LogP contribution in [0.15, 0.2) is 34.9 Å². The van der Waals surface area contributed by atoms with Gasteiger partial charge in [-0.1, -0.05) is 35.5 Å². The van der Waals surface area contributed by atoms with Crippen LogP contribution < -0.4 is 5.32 Å². The van der Waals surface area contributed by atoms with Crippen LogP contribution in [0, 0.1) is 5.41 Å². The quantitative estimate of drug-likeness (QED) is 0.897. The Hall–Kier alpha value is -2.90. The number of urea groups is 1. The number of benzene rings is 1. The Kier molecular flexibility index (Phi) is 3.73. The van der Waals surface area contributed by atoms with Crippen LogP contribution in [-0.4, -0.2) is 45.2 Å². The van der Waals surface area contributed by atoms with E-state index >= 15 is 0 Å². The van der Waals surface area contributed by atoms with Crippen molar-refractivity contribution in [2.75, 3.05) is 18.4 Å². The van der Waals surface area contributed by atoms with Crippen molar-refractivity contribution in [2.45, 2.75) is 13.3 Å². The van der Waals surface area contributed by atoms with Gasteiger partial charge in [-0.2, -0.15) is 4.98 Å². The van der Waals surface area contributed by atoms with E-state index in [0.717, 1.165) is 5.56 Å². The Morgan fingerprint density at radius 1 is 1.35 bits per heavy atom. The predicted octanol–water partition coefficient (Wildman–Crippen LogP) is 2.07. The molecule has 0 aliphatic carbocycles. The molecule has 120 valence electrons.